The zero-order chi connectivity index (χ0) is 16.3. The van der Waals surface area contributed by atoms with Crippen LogP contribution in [0, 0.1) is 13.8 Å². The molecule has 1 aromatic heterocycles. The Kier molecular flexibility index (Phi) is 4.98. The molecule has 0 unspecified atom stereocenters. The number of rotatable bonds is 5. The monoisotopic (exact) mass is 301 g/mol. The Bertz CT molecular complexity index is 677. The molecule has 0 fully saturated rings. The van der Waals surface area contributed by atoms with Gasteiger partial charge in [-0.25, -0.2) is 0 Å². The molecule has 5 heteroatoms. The fourth-order valence-corrected chi connectivity index (χ4v) is 2.79. The molecule has 5 nitrogen and oxygen atoms in total. The van der Waals surface area contributed by atoms with E-state index in [0.717, 1.165) is 22.5 Å². The first-order valence-corrected chi connectivity index (χ1v) is 7.33. The molecule has 0 aliphatic carbocycles. The van der Waals surface area contributed by atoms with Gasteiger partial charge in [-0.3, -0.25) is 9.48 Å². The van der Waals surface area contributed by atoms with Crippen LogP contribution in [0.2, 0.25) is 0 Å². The van der Waals surface area contributed by atoms with Crippen LogP contribution in [0.3, 0.4) is 0 Å². The first-order valence-electron chi connectivity index (χ1n) is 7.33. The van der Waals surface area contributed by atoms with Crippen molar-refractivity contribution in [2.45, 2.75) is 33.4 Å². The summed E-state index contributed by atoms with van der Waals surface area (Å²) in [6.07, 6.45) is 0. The highest BCUT2D eigenvalue weighted by Crippen LogP contribution is 2.21. The van der Waals surface area contributed by atoms with Crippen molar-refractivity contribution < 1.29 is 9.53 Å². The molecule has 0 saturated carbocycles. The van der Waals surface area contributed by atoms with Gasteiger partial charge in [0, 0.05) is 31.0 Å². The average molecular weight is 301 g/mol. The average Bonchev–Trinajstić information content (AvgIpc) is 2.73. The van der Waals surface area contributed by atoms with E-state index in [0.29, 0.717) is 12.2 Å². The summed E-state index contributed by atoms with van der Waals surface area (Å²) in [6, 6.07) is 7.39. The molecular formula is C17H23N3O2. The van der Waals surface area contributed by atoms with Gasteiger partial charge in [0.05, 0.1) is 18.3 Å². The number of hydrogen-bond donors (Lipinski definition) is 1. The van der Waals surface area contributed by atoms with Crippen LogP contribution in [0.25, 0.3) is 0 Å². The third-order valence-electron chi connectivity index (χ3n) is 3.91. The lowest BCUT2D eigenvalue weighted by atomic mass is 10.0. The minimum atomic E-state index is -0.100. The van der Waals surface area contributed by atoms with Crippen molar-refractivity contribution in [3.05, 3.63) is 52.3 Å². The molecule has 0 saturated heterocycles. The summed E-state index contributed by atoms with van der Waals surface area (Å²) in [5, 5.41) is 7.46. The van der Waals surface area contributed by atoms with Crippen LogP contribution in [-0.2, 0) is 18.4 Å². The van der Waals surface area contributed by atoms with E-state index < -0.39 is 0 Å². The number of carbonyl (C=O) groups excluding carboxylic acids is 1. The molecule has 0 spiro atoms. The van der Waals surface area contributed by atoms with E-state index in [1.807, 2.05) is 56.8 Å². The molecule has 1 amide bonds. The quantitative estimate of drug-likeness (QED) is 0.923. The van der Waals surface area contributed by atoms with E-state index in [1.54, 1.807) is 7.11 Å². The summed E-state index contributed by atoms with van der Waals surface area (Å²) in [5.41, 5.74) is 4.61. The predicted octanol–water partition coefficient (Wildman–Crippen LogP) is 2.67. The fraction of sp³-hybridized carbons (Fsp3) is 0.412. The van der Waals surface area contributed by atoms with E-state index in [2.05, 4.69) is 10.4 Å². The SMILES string of the molecule is COCc1ccccc1C(=O)N[C@H](C)c1c(C)nn(C)c1C. The number of hydrogen-bond acceptors (Lipinski definition) is 3. The van der Waals surface area contributed by atoms with Crippen molar-refractivity contribution in [1.82, 2.24) is 15.1 Å². The van der Waals surface area contributed by atoms with Crippen LogP contribution in [0.15, 0.2) is 24.3 Å². The number of nitrogens with one attached hydrogen (secondary N) is 1. The maximum Gasteiger partial charge on any atom is 0.252 e. The smallest absolute Gasteiger partial charge is 0.252 e. The third-order valence-corrected chi connectivity index (χ3v) is 3.91. The predicted molar refractivity (Wildman–Crippen MR) is 85.7 cm³/mol. The highest BCUT2D eigenvalue weighted by atomic mass is 16.5. The fourth-order valence-electron chi connectivity index (χ4n) is 2.79. The van der Waals surface area contributed by atoms with Crippen molar-refractivity contribution >= 4 is 5.91 Å². The summed E-state index contributed by atoms with van der Waals surface area (Å²) in [5.74, 6) is -0.0946. The highest BCUT2D eigenvalue weighted by molar-refractivity contribution is 5.95. The van der Waals surface area contributed by atoms with Gasteiger partial charge in [0.2, 0.25) is 0 Å². The zero-order valence-corrected chi connectivity index (χ0v) is 13.8. The molecule has 0 radical (unpaired) electrons. The maximum absolute atomic E-state index is 12.6. The number of nitrogens with zero attached hydrogens (tertiary/aromatic N) is 2. The standard InChI is InChI=1S/C17H23N3O2/c1-11(16-12(2)19-20(4)13(16)3)18-17(21)15-9-7-6-8-14(15)10-22-5/h6-9,11H,10H2,1-5H3,(H,18,21)/t11-/m1/s1. The Morgan fingerprint density at radius 3 is 2.64 bits per heavy atom. The molecule has 2 rings (SSSR count). The Morgan fingerprint density at radius 2 is 2.05 bits per heavy atom. The largest absolute Gasteiger partial charge is 0.380 e. The van der Waals surface area contributed by atoms with Gasteiger partial charge in [-0.1, -0.05) is 18.2 Å². The lowest BCUT2D eigenvalue weighted by Crippen LogP contribution is -2.28. The van der Waals surface area contributed by atoms with Crippen LogP contribution in [0.5, 0.6) is 0 Å². The lowest BCUT2D eigenvalue weighted by Gasteiger charge is -2.16. The second kappa shape index (κ2) is 6.75. The molecule has 1 aromatic carbocycles. The molecule has 1 atom stereocenters. The van der Waals surface area contributed by atoms with Gasteiger partial charge in [-0.15, -0.1) is 0 Å². The van der Waals surface area contributed by atoms with Gasteiger partial charge in [-0.05, 0) is 32.4 Å². The highest BCUT2D eigenvalue weighted by Gasteiger charge is 2.19. The molecular weight excluding hydrogens is 278 g/mol. The normalized spacial score (nSPS) is 12.2. The first-order chi connectivity index (χ1) is 10.5. The molecule has 0 bridgehead atoms. The topological polar surface area (TPSA) is 56.1 Å². The van der Waals surface area contributed by atoms with Crippen molar-refractivity contribution in [2.75, 3.05) is 7.11 Å². The number of amides is 1. The number of carbonyl (C=O) groups is 1. The van der Waals surface area contributed by atoms with E-state index in [-0.39, 0.29) is 11.9 Å². The Hall–Kier alpha value is -2.14. The Labute approximate surface area is 131 Å². The minimum Gasteiger partial charge on any atom is -0.380 e. The van der Waals surface area contributed by atoms with Crippen LogP contribution in [-0.4, -0.2) is 22.8 Å². The van der Waals surface area contributed by atoms with Crippen LogP contribution < -0.4 is 5.32 Å². The third kappa shape index (κ3) is 3.20. The molecule has 0 aliphatic rings. The number of benzene rings is 1. The van der Waals surface area contributed by atoms with Crippen molar-refractivity contribution in [1.29, 1.82) is 0 Å². The van der Waals surface area contributed by atoms with Gasteiger partial charge < -0.3 is 10.1 Å². The van der Waals surface area contributed by atoms with E-state index in [1.165, 1.54) is 0 Å². The van der Waals surface area contributed by atoms with Crippen LogP contribution in [0.4, 0.5) is 0 Å². The van der Waals surface area contributed by atoms with Crippen LogP contribution in [0.1, 0.15) is 45.8 Å². The first kappa shape index (κ1) is 16.2. The molecule has 2 aromatic rings. The number of aryl methyl sites for hydroxylation is 2. The van der Waals surface area contributed by atoms with Gasteiger partial charge in [0.15, 0.2) is 0 Å². The molecule has 1 N–H and O–H groups in total. The summed E-state index contributed by atoms with van der Waals surface area (Å²) >= 11 is 0. The zero-order valence-electron chi connectivity index (χ0n) is 13.8. The number of methoxy groups -OCH3 is 1. The van der Waals surface area contributed by atoms with Crippen molar-refractivity contribution in [3.8, 4) is 0 Å². The maximum atomic E-state index is 12.6. The van der Waals surface area contributed by atoms with Gasteiger partial charge in [0.1, 0.15) is 0 Å². The minimum absolute atomic E-state index is 0.0946. The van der Waals surface area contributed by atoms with E-state index >= 15 is 0 Å². The molecule has 1 heterocycles. The number of ether oxygens (including phenoxy) is 1. The molecule has 0 aliphatic heterocycles. The van der Waals surface area contributed by atoms with Crippen molar-refractivity contribution in [3.63, 3.8) is 0 Å². The van der Waals surface area contributed by atoms with E-state index in [4.69, 9.17) is 4.74 Å². The van der Waals surface area contributed by atoms with Gasteiger partial charge in [-0.2, -0.15) is 5.10 Å². The summed E-state index contributed by atoms with van der Waals surface area (Å²) < 4.78 is 7.00. The lowest BCUT2D eigenvalue weighted by molar-refractivity contribution is 0.0935. The van der Waals surface area contributed by atoms with Gasteiger partial charge in [0.25, 0.3) is 5.91 Å². The second-order valence-corrected chi connectivity index (χ2v) is 5.49. The summed E-state index contributed by atoms with van der Waals surface area (Å²) in [6.45, 7) is 6.37. The van der Waals surface area contributed by atoms with Crippen molar-refractivity contribution in [2.24, 2.45) is 7.05 Å². The molecule has 118 valence electrons. The summed E-state index contributed by atoms with van der Waals surface area (Å²) in [7, 11) is 3.54. The van der Waals surface area contributed by atoms with Crippen LogP contribution >= 0.6 is 0 Å². The number of aromatic nitrogens is 2. The van der Waals surface area contributed by atoms with Gasteiger partial charge >= 0.3 is 0 Å². The Balaban J connectivity index is 2.22. The molecule has 22 heavy (non-hydrogen) atoms. The second-order valence-electron chi connectivity index (χ2n) is 5.49. The Morgan fingerprint density at radius 1 is 1.36 bits per heavy atom. The summed E-state index contributed by atoms with van der Waals surface area (Å²) in [4.78, 5) is 12.6. The van der Waals surface area contributed by atoms with E-state index in [9.17, 15) is 4.79 Å².